The Hall–Kier alpha value is -1.46. The molecule has 0 aromatic heterocycles. The first kappa shape index (κ1) is 28.1. The third-order valence-corrected chi connectivity index (χ3v) is 9.80. The van der Waals surface area contributed by atoms with E-state index >= 15 is 0 Å². The zero-order chi connectivity index (χ0) is 26.2. The lowest BCUT2D eigenvalue weighted by Gasteiger charge is -2.19. The smallest absolute Gasteiger partial charge is 0.261 e. The molecule has 0 unspecified atom stereocenters. The van der Waals surface area contributed by atoms with Gasteiger partial charge in [-0.3, -0.25) is 9.29 Å². The van der Waals surface area contributed by atoms with Gasteiger partial charge in [0, 0.05) is 21.4 Å². The fourth-order valence-electron chi connectivity index (χ4n) is 3.03. The van der Waals surface area contributed by atoms with Gasteiger partial charge in [-0.2, -0.15) is 26.9 Å². The Balaban J connectivity index is 1.92. The Bertz CT molecular complexity index is 1340. The molecule has 0 amide bonds. The summed E-state index contributed by atoms with van der Waals surface area (Å²) in [5.74, 6) is -5.15. The molecule has 2 heterocycles. The van der Waals surface area contributed by atoms with Gasteiger partial charge in [0.1, 0.15) is 5.69 Å². The van der Waals surface area contributed by atoms with E-state index in [9.17, 15) is 35.2 Å². The molecule has 0 fully saturated rings. The van der Waals surface area contributed by atoms with Crippen molar-refractivity contribution < 1.29 is 30.4 Å². The van der Waals surface area contributed by atoms with Gasteiger partial charge in [0.05, 0.1) is 9.10 Å². The van der Waals surface area contributed by atoms with Crippen molar-refractivity contribution in [1.82, 2.24) is 9.55 Å². The fraction of sp³-hybridized carbons (Fsp3) is 0.400. The Morgan fingerprint density at radius 3 is 2.34 bits per heavy atom. The largest absolute Gasteiger partial charge is 0.453 e. The van der Waals surface area contributed by atoms with Gasteiger partial charge in [0.15, 0.2) is 5.82 Å². The number of anilines is 1. The van der Waals surface area contributed by atoms with Crippen LogP contribution in [-0.2, 0) is 14.5 Å². The van der Waals surface area contributed by atoms with Gasteiger partial charge in [0.2, 0.25) is 0 Å². The highest BCUT2D eigenvalue weighted by molar-refractivity contribution is 14.1. The number of hydrogen-bond acceptors (Lipinski definition) is 6. The third-order valence-electron chi connectivity index (χ3n) is 5.03. The molecule has 192 valence electrons. The van der Waals surface area contributed by atoms with Crippen molar-refractivity contribution in [3.8, 4) is 5.69 Å². The van der Waals surface area contributed by atoms with Crippen LogP contribution in [0.25, 0.3) is 5.69 Å². The highest BCUT2D eigenvalue weighted by atomic mass is 127. The standard InChI is InChI=1S/C20H19F5IN3O3S3/c1-11-12(2)34-17(33-9-3-8-19(21,22)20(23,24)25)15-16(27-18(30)29(11)15)28-35(31,32)14-6-4-13(10-26)5-7-14/h4-7H,3,8-10H2,1-2H3,(H,27,28,30). The Labute approximate surface area is 219 Å². The van der Waals surface area contributed by atoms with Crippen LogP contribution in [0.2, 0.25) is 0 Å². The van der Waals surface area contributed by atoms with E-state index < -0.39 is 40.7 Å². The van der Waals surface area contributed by atoms with Crippen LogP contribution in [0.1, 0.15) is 29.0 Å². The highest BCUT2D eigenvalue weighted by Gasteiger charge is 2.56. The predicted octanol–water partition coefficient (Wildman–Crippen LogP) is 6.15. The summed E-state index contributed by atoms with van der Waals surface area (Å²) < 4.78 is 94.1. The monoisotopic (exact) mass is 667 g/mol. The molecule has 6 nitrogen and oxygen atoms in total. The van der Waals surface area contributed by atoms with Crippen molar-refractivity contribution in [2.45, 2.75) is 52.3 Å². The molecule has 3 rings (SSSR count). The molecule has 0 radical (unpaired) electrons. The molecule has 1 aromatic rings. The molecule has 0 spiro atoms. The number of aromatic nitrogens is 2. The van der Waals surface area contributed by atoms with E-state index in [0.29, 0.717) is 19.2 Å². The van der Waals surface area contributed by atoms with Gasteiger partial charge in [-0.05, 0) is 43.7 Å². The molecule has 35 heavy (non-hydrogen) atoms. The van der Waals surface area contributed by atoms with Crippen molar-refractivity contribution in [3.63, 3.8) is 0 Å². The SMILES string of the molecule is Cc1sc(SCCCC(F)(F)C(F)(F)F)c2c(NS(=O)(=O)c3ccc(CI)cc3)nc(=O)n-2c1C. The van der Waals surface area contributed by atoms with Crippen LogP contribution >= 0.6 is 45.7 Å². The molecule has 0 saturated carbocycles. The Kier molecular flexibility index (Phi) is 8.43. The lowest BCUT2D eigenvalue weighted by molar-refractivity contribution is -0.284. The number of sulfonamides is 1. The average Bonchev–Trinajstić information content (AvgIpc) is 3.09. The summed E-state index contributed by atoms with van der Waals surface area (Å²) in [5, 5.41) is 0. The lowest BCUT2D eigenvalue weighted by Crippen LogP contribution is -2.36. The maximum atomic E-state index is 13.2. The number of aryl methyl sites for hydroxylation is 1. The summed E-state index contributed by atoms with van der Waals surface area (Å²) in [6.07, 6.45) is -7.46. The van der Waals surface area contributed by atoms with E-state index in [0.717, 1.165) is 17.3 Å². The van der Waals surface area contributed by atoms with Crippen LogP contribution < -0.4 is 10.4 Å². The predicted molar refractivity (Wildman–Crippen MR) is 134 cm³/mol. The van der Waals surface area contributed by atoms with Crippen molar-refractivity contribution >= 4 is 61.5 Å². The van der Waals surface area contributed by atoms with Crippen LogP contribution in [0, 0.1) is 13.8 Å². The number of benzene rings is 1. The van der Waals surface area contributed by atoms with Crippen LogP contribution in [0.15, 0.2) is 38.2 Å². The number of halogens is 6. The molecule has 0 aliphatic carbocycles. The van der Waals surface area contributed by atoms with Gasteiger partial charge in [0.25, 0.3) is 10.0 Å². The molecular weight excluding hydrogens is 648 g/mol. The number of imidazole rings is 1. The number of alkyl halides is 6. The summed E-state index contributed by atoms with van der Waals surface area (Å²) in [4.78, 5) is 17.1. The topological polar surface area (TPSA) is 81.1 Å². The summed E-state index contributed by atoms with van der Waals surface area (Å²) in [5.41, 5.74) is 0.814. The second-order valence-corrected chi connectivity index (χ2v) is 12.5. The summed E-state index contributed by atoms with van der Waals surface area (Å²) in [7, 11) is -4.11. The number of hydrogen-bond donors (Lipinski definition) is 1. The molecule has 0 atom stereocenters. The second-order valence-electron chi connectivity index (χ2n) is 7.50. The molecule has 0 saturated heterocycles. The van der Waals surface area contributed by atoms with Crippen molar-refractivity contribution in [1.29, 1.82) is 0 Å². The molecule has 2 aliphatic rings. The first-order valence-corrected chi connectivity index (χ1v) is 14.8. The molecule has 1 N–H and O–H groups in total. The normalized spacial score (nSPS) is 12.9. The van der Waals surface area contributed by atoms with E-state index in [1.165, 1.54) is 28.0 Å². The number of nitrogens with zero attached hydrogens (tertiary/aromatic N) is 2. The first-order valence-electron chi connectivity index (χ1n) is 9.96. The van der Waals surface area contributed by atoms with Gasteiger partial charge in [-0.15, -0.1) is 23.1 Å². The van der Waals surface area contributed by atoms with Gasteiger partial charge in [-0.25, -0.2) is 13.2 Å². The molecule has 1 aromatic carbocycles. The number of rotatable bonds is 9. The lowest BCUT2D eigenvalue weighted by atomic mass is 10.2. The van der Waals surface area contributed by atoms with Crippen LogP contribution in [0.3, 0.4) is 0 Å². The summed E-state index contributed by atoms with van der Waals surface area (Å²) >= 11 is 4.27. The Morgan fingerprint density at radius 2 is 1.77 bits per heavy atom. The minimum absolute atomic E-state index is 0.0456. The van der Waals surface area contributed by atoms with Crippen molar-refractivity contribution in [3.05, 3.63) is 50.9 Å². The maximum Gasteiger partial charge on any atom is 0.453 e. The minimum Gasteiger partial charge on any atom is -0.261 e. The van der Waals surface area contributed by atoms with Crippen LogP contribution in [0.4, 0.5) is 27.8 Å². The van der Waals surface area contributed by atoms with Crippen molar-refractivity contribution in [2.24, 2.45) is 0 Å². The van der Waals surface area contributed by atoms with E-state index in [2.05, 4.69) is 32.3 Å². The van der Waals surface area contributed by atoms with E-state index in [4.69, 9.17) is 0 Å². The van der Waals surface area contributed by atoms with Gasteiger partial charge in [-0.1, -0.05) is 34.7 Å². The second kappa shape index (κ2) is 10.5. The minimum atomic E-state index is -5.63. The zero-order valence-corrected chi connectivity index (χ0v) is 22.9. The number of fused-ring (bicyclic) bond motifs is 1. The van der Waals surface area contributed by atoms with Gasteiger partial charge < -0.3 is 0 Å². The van der Waals surface area contributed by atoms with E-state index in [-0.39, 0.29) is 22.2 Å². The fourth-order valence-corrected chi connectivity index (χ4v) is 7.01. The molecule has 0 bridgehead atoms. The molecular formula is C20H19F5IN3O3S3. The maximum absolute atomic E-state index is 13.2. The summed E-state index contributed by atoms with van der Waals surface area (Å²) in [6, 6.07) is 6.14. The Morgan fingerprint density at radius 1 is 1.14 bits per heavy atom. The number of thioether (sulfide) groups is 1. The van der Waals surface area contributed by atoms with Crippen LogP contribution in [-0.4, -0.2) is 35.8 Å². The number of nitrogens with one attached hydrogen (secondary N) is 1. The third kappa shape index (κ3) is 6.10. The quantitative estimate of drug-likeness (QED) is 0.0974. The molecule has 2 aliphatic heterocycles. The zero-order valence-electron chi connectivity index (χ0n) is 18.2. The van der Waals surface area contributed by atoms with Gasteiger partial charge >= 0.3 is 17.8 Å². The van der Waals surface area contributed by atoms with Crippen LogP contribution in [0.5, 0.6) is 0 Å². The average molecular weight is 667 g/mol. The van der Waals surface area contributed by atoms with E-state index in [1.54, 1.807) is 26.0 Å². The molecule has 15 heteroatoms. The van der Waals surface area contributed by atoms with E-state index in [1.807, 2.05) is 0 Å². The van der Waals surface area contributed by atoms with Crippen molar-refractivity contribution in [2.75, 3.05) is 10.5 Å². The highest BCUT2D eigenvalue weighted by Crippen LogP contribution is 2.41. The summed E-state index contributed by atoms with van der Waals surface area (Å²) in [6.45, 7) is 3.35. The first-order chi connectivity index (χ1) is 16.2.